The molecule has 26 heavy (non-hydrogen) atoms. The molecule has 6 heteroatoms. The monoisotopic (exact) mass is 345 g/mol. The number of hydroxylamine groups is 1. The van der Waals surface area contributed by atoms with Gasteiger partial charge in [0.05, 0.1) is 23.0 Å². The fourth-order valence-corrected chi connectivity index (χ4v) is 2.91. The Labute approximate surface area is 149 Å². The van der Waals surface area contributed by atoms with Crippen LogP contribution in [0.1, 0.15) is 15.9 Å². The van der Waals surface area contributed by atoms with Crippen LogP contribution in [0.3, 0.4) is 0 Å². The highest BCUT2D eigenvalue weighted by atomic mass is 16.6. The number of hydrogen-bond acceptors (Lipinski definition) is 5. The third-order valence-corrected chi connectivity index (χ3v) is 4.22. The number of amides is 1. The lowest BCUT2D eigenvalue weighted by Crippen LogP contribution is -2.19. The molecule has 6 nitrogen and oxygen atoms in total. The molecule has 0 saturated heterocycles. The van der Waals surface area contributed by atoms with Crippen LogP contribution in [0.25, 0.3) is 27.7 Å². The Bertz CT molecular complexity index is 1040. The van der Waals surface area contributed by atoms with Gasteiger partial charge < -0.3 is 4.84 Å². The quantitative estimate of drug-likeness (QED) is 0.563. The molecule has 128 valence electrons. The van der Waals surface area contributed by atoms with Crippen molar-refractivity contribution in [2.24, 2.45) is 5.16 Å². The second-order valence-corrected chi connectivity index (χ2v) is 5.78. The molecule has 0 atom stereocenters. The molecule has 1 aliphatic rings. The lowest BCUT2D eigenvalue weighted by atomic mass is 10.0. The molecule has 1 aliphatic heterocycles. The lowest BCUT2D eigenvalue weighted by molar-refractivity contribution is 0.0708. The highest BCUT2D eigenvalue weighted by Crippen LogP contribution is 2.26. The average molecular weight is 345 g/mol. The smallest absolute Gasteiger partial charge is 0.275 e. The highest BCUT2D eigenvalue weighted by molar-refractivity contribution is 6.10. The van der Waals surface area contributed by atoms with E-state index in [-0.39, 0.29) is 0 Å². The second-order valence-electron chi connectivity index (χ2n) is 5.78. The van der Waals surface area contributed by atoms with Crippen LogP contribution in [0.4, 0.5) is 0 Å². The van der Waals surface area contributed by atoms with Gasteiger partial charge in [0.1, 0.15) is 6.61 Å². The van der Waals surface area contributed by atoms with E-state index in [2.05, 4.69) is 10.1 Å². The van der Waals surface area contributed by atoms with Crippen molar-refractivity contribution in [3.63, 3.8) is 0 Å². The van der Waals surface area contributed by atoms with E-state index in [1.807, 2.05) is 48.5 Å². The molecular formula is C20H15N3O3. The van der Waals surface area contributed by atoms with Gasteiger partial charge in [-0.05, 0) is 23.8 Å². The summed E-state index contributed by atoms with van der Waals surface area (Å²) in [4.78, 5) is 21.6. The molecule has 1 aromatic heterocycles. The van der Waals surface area contributed by atoms with Gasteiger partial charge in [0.15, 0.2) is 0 Å². The second kappa shape index (κ2) is 6.78. The van der Waals surface area contributed by atoms with Crippen LogP contribution in [-0.2, 0) is 4.84 Å². The molecule has 0 bridgehead atoms. The van der Waals surface area contributed by atoms with E-state index in [1.165, 1.54) is 0 Å². The van der Waals surface area contributed by atoms with Gasteiger partial charge in [-0.1, -0.05) is 47.6 Å². The maximum Gasteiger partial charge on any atom is 0.275 e. The number of nitrogens with one attached hydrogen (secondary N) is 1. The summed E-state index contributed by atoms with van der Waals surface area (Å²) in [7, 11) is 0. The zero-order valence-corrected chi connectivity index (χ0v) is 13.7. The normalized spacial score (nSPS) is 13.2. The fourth-order valence-electron chi connectivity index (χ4n) is 2.91. The van der Waals surface area contributed by atoms with Crippen LogP contribution < -0.4 is 5.48 Å². The van der Waals surface area contributed by atoms with Crippen LogP contribution in [0, 0.1) is 0 Å². The van der Waals surface area contributed by atoms with E-state index in [0.717, 1.165) is 16.7 Å². The van der Waals surface area contributed by atoms with E-state index in [4.69, 9.17) is 10.0 Å². The molecule has 0 saturated carbocycles. The van der Waals surface area contributed by atoms with Crippen molar-refractivity contribution < 1.29 is 14.8 Å². The molecule has 2 aromatic carbocycles. The summed E-state index contributed by atoms with van der Waals surface area (Å²) in [6.07, 6.45) is 3.64. The van der Waals surface area contributed by atoms with Crippen molar-refractivity contribution in [3.8, 4) is 11.3 Å². The van der Waals surface area contributed by atoms with Crippen LogP contribution in [-0.4, -0.2) is 28.9 Å². The van der Waals surface area contributed by atoms with Gasteiger partial charge in [0.2, 0.25) is 0 Å². The van der Waals surface area contributed by atoms with Gasteiger partial charge >= 0.3 is 0 Å². The first-order valence-electron chi connectivity index (χ1n) is 8.07. The van der Waals surface area contributed by atoms with Gasteiger partial charge in [-0.2, -0.15) is 0 Å². The van der Waals surface area contributed by atoms with Crippen molar-refractivity contribution in [1.82, 2.24) is 10.5 Å². The number of nitrogens with zero attached hydrogens (tertiary/aromatic N) is 2. The van der Waals surface area contributed by atoms with Crippen LogP contribution >= 0.6 is 0 Å². The van der Waals surface area contributed by atoms with E-state index < -0.39 is 5.91 Å². The predicted molar refractivity (Wildman–Crippen MR) is 98.9 cm³/mol. The molecule has 2 N–H and O–H groups in total. The van der Waals surface area contributed by atoms with Gasteiger partial charge in [-0.3, -0.25) is 10.0 Å². The number of rotatable bonds is 3. The van der Waals surface area contributed by atoms with E-state index in [1.54, 1.807) is 23.8 Å². The Morgan fingerprint density at radius 3 is 2.58 bits per heavy atom. The first-order chi connectivity index (χ1) is 12.8. The summed E-state index contributed by atoms with van der Waals surface area (Å²) in [6, 6.07) is 16.8. The summed E-state index contributed by atoms with van der Waals surface area (Å²) >= 11 is 0. The first kappa shape index (κ1) is 16.0. The minimum absolute atomic E-state index is 0.372. The molecule has 1 amide bonds. The van der Waals surface area contributed by atoms with Gasteiger partial charge in [0.25, 0.3) is 5.91 Å². The number of aromatic nitrogens is 1. The number of fused-ring (bicyclic) bond motifs is 1. The van der Waals surface area contributed by atoms with Crippen molar-refractivity contribution in [2.45, 2.75) is 0 Å². The van der Waals surface area contributed by atoms with Gasteiger partial charge in [0, 0.05) is 16.5 Å². The summed E-state index contributed by atoms with van der Waals surface area (Å²) in [5.41, 5.74) is 6.31. The topological polar surface area (TPSA) is 83.8 Å². The summed E-state index contributed by atoms with van der Waals surface area (Å²) in [5, 5.41) is 13.5. The average Bonchev–Trinajstić information content (AvgIpc) is 2.73. The molecule has 4 rings (SSSR count). The first-order valence-corrected chi connectivity index (χ1v) is 8.07. The maximum atomic E-state index is 12.0. The summed E-state index contributed by atoms with van der Waals surface area (Å²) in [5.74, 6) is -0.565. The Balaban J connectivity index is 1.78. The molecule has 0 radical (unpaired) electrons. The van der Waals surface area contributed by atoms with E-state index in [9.17, 15) is 4.79 Å². The summed E-state index contributed by atoms with van der Waals surface area (Å²) in [6.45, 7) is 0.458. The van der Waals surface area contributed by atoms with Crippen molar-refractivity contribution in [2.75, 3.05) is 6.61 Å². The lowest BCUT2D eigenvalue weighted by Gasteiger charge is -2.10. The zero-order valence-electron chi connectivity index (χ0n) is 13.7. The third kappa shape index (κ3) is 2.94. The van der Waals surface area contributed by atoms with Gasteiger partial charge in [-0.15, -0.1) is 0 Å². The number of pyridine rings is 1. The molecule has 0 aliphatic carbocycles. The molecular weight excluding hydrogens is 330 g/mol. The predicted octanol–water partition coefficient (Wildman–Crippen LogP) is 3.42. The largest absolute Gasteiger partial charge is 0.392 e. The van der Waals surface area contributed by atoms with Crippen LogP contribution in [0.15, 0.2) is 65.8 Å². The number of carbonyl (C=O) groups is 1. The highest BCUT2D eigenvalue weighted by Gasteiger charge is 2.13. The third-order valence-electron chi connectivity index (χ3n) is 4.22. The Morgan fingerprint density at radius 2 is 1.85 bits per heavy atom. The Morgan fingerprint density at radius 1 is 1.08 bits per heavy atom. The Kier molecular flexibility index (Phi) is 4.17. The molecule has 0 fully saturated rings. The number of oxime groups is 1. The number of hydrogen-bond donors (Lipinski definition) is 2. The Hall–Kier alpha value is -3.51. The maximum absolute atomic E-state index is 12.0. The molecule has 3 aromatic rings. The number of benzene rings is 2. The molecule has 0 spiro atoms. The van der Waals surface area contributed by atoms with Crippen molar-refractivity contribution in [1.29, 1.82) is 0 Å². The molecule has 2 heterocycles. The zero-order chi connectivity index (χ0) is 17.9. The number of para-hydroxylation sites is 1. The number of carbonyl (C=O) groups excluding carboxylic acids is 1. The standard InChI is InChI=1S/C20H15N3O3/c24-20(23-25)17-11-19(22-18-4-2-1-3-16(17)18)14-7-5-13(6-8-14)15-9-10-26-21-12-15/h1-9,11-12,25H,10H2,(H,23,24). The van der Waals surface area contributed by atoms with Gasteiger partial charge in [-0.25, -0.2) is 10.5 Å². The minimum Gasteiger partial charge on any atom is -0.392 e. The number of allylic oxidation sites excluding steroid dienone is 1. The van der Waals surface area contributed by atoms with Crippen LogP contribution in [0.2, 0.25) is 0 Å². The van der Waals surface area contributed by atoms with Crippen LogP contribution in [0.5, 0.6) is 0 Å². The summed E-state index contributed by atoms with van der Waals surface area (Å²) < 4.78 is 0. The SMILES string of the molecule is O=C(NO)c1cc(-c2ccc(C3=CCON=C3)cc2)nc2ccccc12. The minimum atomic E-state index is -0.565. The van der Waals surface area contributed by atoms with E-state index >= 15 is 0 Å². The van der Waals surface area contributed by atoms with Crippen molar-refractivity contribution in [3.05, 3.63) is 71.8 Å². The molecule has 0 unspecified atom stereocenters. The van der Waals surface area contributed by atoms with E-state index in [0.29, 0.717) is 28.8 Å². The fraction of sp³-hybridized carbons (Fsp3) is 0.0500. The van der Waals surface area contributed by atoms with Crippen molar-refractivity contribution >= 4 is 28.6 Å².